The van der Waals surface area contributed by atoms with Crippen molar-refractivity contribution >= 4 is 17.7 Å². The van der Waals surface area contributed by atoms with Gasteiger partial charge < -0.3 is 11.1 Å². The number of benzene rings is 1. The zero-order chi connectivity index (χ0) is 15.3. The van der Waals surface area contributed by atoms with Gasteiger partial charge in [0, 0.05) is 11.0 Å². The Hall–Kier alpha value is -1.00. The second kappa shape index (κ2) is 7.32. The summed E-state index contributed by atoms with van der Waals surface area (Å²) in [4.78, 5) is 12.1. The molecule has 0 bridgehead atoms. The molecule has 1 aromatic carbocycles. The summed E-state index contributed by atoms with van der Waals surface area (Å²) in [6.45, 7) is 2.32. The van der Waals surface area contributed by atoms with Crippen LogP contribution >= 0.6 is 11.8 Å². The number of nitrogens with one attached hydrogen (secondary N) is 1. The summed E-state index contributed by atoms with van der Waals surface area (Å²) in [6, 6.07) is 9.83. The average Bonchev–Trinajstić information content (AvgIpc) is 2.49. The molecule has 1 fully saturated rings. The van der Waals surface area contributed by atoms with Crippen molar-refractivity contribution in [2.24, 2.45) is 11.7 Å². The predicted molar refractivity (Wildman–Crippen MR) is 90.3 cm³/mol. The molecular formula is C17H26N2OS. The highest BCUT2D eigenvalue weighted by Crippen LogP contribution is 2.35. The molecule has 1 aromatic rings. The van der Waals surface area contributed by atoms with Crippen LogP contribution in [0.3, 0.4) is 0 Å². The number of hydrogen-bond donors (Lipinski definition) is 2. The SMILES string of the molecule is CNC(CSC1CCCC(C)C1)(C(N)=O)c1ccccc1. The number of amides is 1. The number of thioether (sulfide) groups is 1. The summed E-state index contributed by atoms with van der Waals surface area (Å²) in [5, 5.41) is 3.83. The normalized spacial score (nSPS) is 25.2. The van der Waals surface area contributed by atoms with Crippen LogP contribution in [0.1, 0.15) is 38.2 Å². The second-order valence-corrected chi connectivity index (χ2v) is 7.38. The summed E-state index contributed by atoms with van der Waals surface area (Å²) in [7, 11) is 1.82. The number of primary amides is 1. The van der Waals surface area contributed by atoms with Crippen LogP contribution in [0.4, 0.5) is 0 Å². The van der Waals surface area contributed by atoms with Crippen LogP contribution in [0, 0.1) is 5.92 Å². The van der Waals surface area contributed by atoms with Crippen molar-refractivity contribution in [2.75, 3.05) is 12.8 Å². The third-order valence-corrected chi connectivity index (χ3v) is 6.04. The molecule has 0 heterocycles. The third kappa shape index (κ3) is 3.80. The van der Waals surface area contributed by atoms with Gasteiger partial charge in [0.25, 0.3) is 0 Å². The zero-order valence-corrected chi connectivity index (χ0v) is 13.8. The molecule has 3 N–H and O–H groups in total. The molecule has 2 rings (SSSR count). The molecule has 0 spiro atoms. The Morgan fingerprint density at radius 3 is 2.67 bits per heavy atom. The van der Waals surface area contributed by atoms with Gasteiger partial charge in [0.15, 0.2) is 0 Å². The van der Waals surface area contributed by atoms with Crippen molar-refractivity contribution < 1.29 is 4.79 Å². The molecule has 0 aromatic heterocycles. The standard InChI is InChI=1S/C17H26N2OS/c1-13-7-6-10-15(11-13)21-12-17(19-2,16(18)20)14-8-4-3-5-9-14/h3-5,8-9,13,15,19H,6-7,10-12H2,1-2H3,(H2,18,20). The summed E-state index contributed by atoms with van der Waals surface area (Å²) in [5.74, 6) is 1.19. The second-order valence-electron chi connectivity index (χ2n) is 6.09. The highest BCUT2D eigenvalue weighted by molar-refractivity contribution is 8.00. The van der Waals surface area contributed by atoms with Crippen LogP contribution < -0.4 is 11.1 Å². The molecule has 4 heteroatoms. The molecule has 1 saturated carbocycles. The van der Waals surface area contributed by atoms with Crippen LogP contribution in [0.15, 0.2) is 30.3 Å². The van der Waals surface area contributed by atoms with E-state index >= 15 is 0 Å². The van der Waals surface area contributed by atoms with Crippen LogP contribution in [-0.4, -0.2) is 24.0 Å². The van der Waals surface area contributed by atoms with Gasteiger partial charge in [0.2, 0.25) is 5.91 Å². The van der Waals surface area contributed by atoms with Crippen molar-refractivity contribution in [3.8, 4) is 0 Å². The van der Waals surface area contributed by atoms with Crippen LogP contribution in [0.2, 0.25) is 0 Å². The molecular weight excluding hydrogens is 280 g/mol. The van der Waals surface area contributed by atoms with Crippen LogP contribution in [0.5, 0.6) is 0 Å². The number of carbonyl (C=O) groups is 1. The number of likely N-dealkylation sites (N-methyl/N-ethyl adjacent to an activating group) is 1. The Kier molecular flexibility index (Phi) is 5.71. The van der Waals surface area contributed by atoms with Crippen molar-refractivity contribution in [1.29, 1.82) is 0 Å². The molecule has 21 heavy (non-hydrogen) atoms. The van der Waals surface area contributed by atoms with E-state index in [1.807, 2.05) is 49.1 Å². The first-order valence-corrected chi connectivity index (χ1v) is 8.79. The van der Waals surface area contributed by atoms with Crippen molar-refractivity contribution in [3.63, 3.8) is 0 Å². The molecule has 1 aliphatic carbocycles. The van der Waals surface area contributed by atoms with Gasteiger partial charge in [-0.05, 0) is 31.4 Å². The first kappa shape index (κ1) is 16.4. The average molecular weight is 306 g/mol. The van der Waals surface area contributed by atoms with E-state index in [0.29, 0.717) is 11.0 Å². The van der Waals surface area contributed by atoms with Gasteiger partial charge in [0.05, 0.1) is 0 Å². The van der Waals surface area contributed by atoms with E-state index in [1.165, 1.54) is 25.7 Å². The quantitative estimate of drug-likeness (QED) is 0.849. The third-order valence-electron chi connectivity index (χ3n) is 4.54. The van der Waals surface area contributed by atoms with Gasteiger partial charge in [0.1, 0.15) is 5.54 Å². The summed E-state index contributed by atoms with van der Waals surface area (Å²) < 4.78 is 0. The lowest BCUT2D eigenvalue weighted by molar-refractivity contribution is -0.123. The molecule has 0 aliphatic heterocycles. The van der Waals surface area contributed by atoms with Gasteiger partial charge in [-0.15, -0.1) is 0 Å². The Labute approximate surface area is 132 Å². The zero-order valence-electron chi connectivity index (χ0n) is 13.0. The van der Waals surface area contributed by atoms with Gasteiger partial charge in [-0.3, -0.25) is 4.79 Å². The van der Waals surface area contributed by atoms with Crippen molar-refractivity contribution in [2.45, 2.75) is 43.4 Å². The minimum atomic E-state index is -0.771. The molecule has 116 valence electrons. The molecule has 1 amide bonds. The molecule has 0 saturated heterocycles. The minimum absolute atomic E-state index is 0.299. The van der Waals surface area contributed by atoms with E-state index in [1.54, 1.807) is 0 Å². The maximum Gasteiger partial charge on any atom is 0.243 e. The molecule has 3 unspecified atom stereocenters. The summed E-state index contributed by atoms with van der Waals surface area (Å²) in [5.41, 5.74) is 5.93. The smallest absolute Gasteiger partial charge is 0.243 e. The molecule has 1 aliphatic rings. The Morgan fingerprint density at radius 1 is 1.38 bits per heavy atom. The number of nitrogens with two attached hydrogens (primary N) is 1. The van der Waals surface area contributed by atoms with Crippen LogP contribution in [0.25, 0.3) is 0 Å². The fraction of sp³-hybridized carbons (Fsp3) is 0.588. The molecule has 3 atom stereocenters. The Morgan fingerprint density at radius 2 is 2.10 bits per heavy atom. The van der Waals surface area contributed by atoms with Gasteiger partial charge in [-0.2, -0.15) is 11.8 Å². The van der Waals surface area contributed by atoms with Crippen molar-refractivity contribution in [1.82, 2.24) is 5.32 Å². The fourth-order valence-corrected chi connectivity index (χ4v) is 4.87. The number of hydrogen-bond acceptors (Lipinski definition) is 3. The largest absolute Gasteiger partial charge is 0.368 e. The lowest BCUT2D eigenvalue weighted by Crippen LogP contribution is -2.53. The first-order valence-electron chi connectivity index (χ1n) is 7.74. The van der Waals surface area contributed by atoms with E-state index in [-0.39, 0.29) is 5.91 Å². The molecule has 0 radical (unpaired) electrons. The summed E-state index contributed by atoms with van der Waals surface area (Å²) in [6.07, 6.45) is 5.14. The predicted octanol–water partition coefficient (Wildman–Crippen LogP) is 2.90. The summed E-state index contributed by atoms with van der Waals surface area (Å²) >= 11 is 1.89. The van der Waals surface area contributed by atoms with E-state index in [9.17, 15) is 4.79 Å². The highest BCUT2D eigenvalue weighted by atomic mass is 32.2. The Bertz CT molecular complexity index is 465. The van der Waals surface area contributed by atoms with E-state index in [0.717, 1.165) is 11.5 Å². The maximum absolute atomic E-state index is 12.1. The highest BCUT2D eigenvalue weighted by Gasteiger charge is 2.37. The van der Waals surface area contributed by atoms with E-state index in [4.69, 9.17) is 5.73 Å². The molecule has 3 nitrogen and oxygen atoms in total. The van der Waals surface area contributed by atoms with Gasteiger partial charge in [-0.25, -0.2) is 0 Å². The Balaban J connectivity index is 2.12. The van der Waals surface area contributed by atoms with E-state index in [2.05, 4.69) is 12.2 Å². The number of rotatable bonds is 6. The fourth-order valence-electron chi connectivity index (χ4n) is 3.13. The number of carbonyl (C=O) groups excluding carboxylic acids is 1. The van der Waals surface area contributed by atoms with Gasteiger partial charge >= 0.3 is 0 Å². The maximum atomic E-state index is 12.1. The van der Waals surface area contributed by atoms with E-state index < -0.39 is 5.54 Å². The minimum Gasteiger partial charge on any atom is -0.368 e. The monoisotopic (exact) mass is 306 g/mol. The van der Waals surface area contributed by atoms with Crippen LogP contribution in [-0.2, 0) is 10.3 Å². The van der Waals surface area contributed by atoms with Gasteiger partial charge in [-0.1, -0.05) is 50.1 Å². The first-order chi connectivity index (χ1) is 10.1. The lowest BCUT2D eigenvalue weighted by Gasteiger charge is -2.34. The topological polar surface area (TPSA) is 55.1 Å². The van der Waals surface area contributed by atoms with Crippen molar-refractivity contribution in [3.05, 3.63) is 35.9 Å². The lowest BCUT2D eigenvalue weighted by atomic mass is 9.90.